The second-order valence-corrected chi connectivity index (χ2v) is 9.90. The minimum Gasteiger partial charge on any atom is -0.454 e. The van der Waals surface area contributed by atoms with Crippen LogP contribution in [0.2, 0.25) is 0 Å². The lowest BCUT2D eigenvalue weighted by atomic mass is 9.47. The molecule has 4 aliphatic carbocycles. The quantitative estimate of drug-likeness (QED) is 0.694. The molecule has 1 aromatic rings. The monoisotopic (exact) mass is 415 g/mol. The zero-order chi connectivity index (χ0) is 20.9. The zero-order valence-electron chi connectivity index (χ0n) is 17.3. The van der Waals surface area contributed by atoms with Gasteiger partial charge in [-0.05, 0) is 80.4 Å². The molecule has 5 aliphatic rings. The lowest BCUT2D eigenvalue weighted by Gasteiger charge is -2.60. The topological polar surface area (TPSA) is 94.1 Å². The largest absolute Gasteiger partial charge is 0.454 e. The first-order chi connectivity index (χ1) is 14.3. The summed E-state index contributed by atoms with van der Waals surface area (Å²) in [6, 6.07) is 5.51. The van der Waals surface area contributed by atoms with Crippen molar-refractivity contribution in [3.63, 3.8) is 0 Å². The maximum absolute atomic E-state index is 12.6. The van der Waals surface area contributed by atoms with Crippen molar-refractivity contribution in [1.82, 2.24) is 5.32 Å². The van der Waals surface area contributed by atoms with Gasteiger partial charge in [-0.2, -0.15) is 0 Å². The van der Waals surface area contributed by atoms with E-state index < -0.39 is 11.7 Å². The van der Waals surface area contributed by atoms with E-state index in [1.165, 1.54) is 6.42 Å². The lowest BCUT2D eigenvalue weighted by Crippen LogP contribution is -2.56. The van der Waals surface area contributed by atoms with E-state index in [1.54, 1.807) is 6.92 Å². The molecule has 4 saturated carbocycles. The number of fused-ring (bicyclic) bond motifs is 1. The standard InChI is InChI=1S/C23H29NO6/c1-14(21(26)24-11-15-2-3-18-19(5-15)29-13-28-18)30-20(25)10-22-6-16-4-17(7-22)9-23(27,8-16)12-22/h2-3,5,14,16-17,27H,4,6-13H2,1H3,(H,24,26)/t14-,16-,17+,22?,23?/m0/s1. The summed E-state index contributed by atoms with van der Waals surface area (Å²) < 4.78 is 16.1. The first-order valence-corrected chi connectivity index (χ1v) is 10.9. The smallest absolute Gasteiger partial charge is 0.307 e. The van der Waals surface area contributed by atoms with Gasteiger partial charge >= 0.3 is 5.97 Å². The van der Waals surface area contributed by atoms with Gasteiger partial charge < -0.3 is 24.6 Å². The summed E-state index contributed by atoms with van der Waals surface area (Å²) in [5, 5.41) is 13.7. The molecular weight excluding hydrogens is 386 g/mol. The van der Waals surface area contributed by atoms with Crippen molar-refractivity contribution in [2.45, 2.75) is 70.1 Å². The van der Waals surface area contributed by atoms with Crippen LogP contribution in [0.25, 0.3) is 0 Å². The fraction of sp³-hybridized carbons (Fsp3) is 0.652. The highest BCUT2D eigenvalue weighted by Crippen LogP contribution is 2.62. The van der Waals surface area contributed by atoms with E-state index in [-0.39, 0.29) is 24.1 Å². The second-order valence-electron chi connectivity index (χ2n) is 9.90. The predicted molar refractivity (Wildman–Crippen MR) is 107 cm³/mol. The van der Waals surface area contributed by atoms with Gasteiger partial charge in [0.05, 0.1) is 12.0 Å². The fourth-order valence-corrected chi connectivity index (χ4v) is 6.59. The molecule has 5 atom stereocenters. The van der Waals surface area contributed by atoms with Crippen LogP contribution >= 0.6 is 0 Å². The molecule has 4 fully saturated rings. The number of amides is 1. The molecule has 1 aliphatic heterocycles. The van der Waals surface area contributed by atoms with Crippen LogP contribution < -0.4 is 14.8 Å². The first kappa shape index (κ1) is 19.7. The van der Waals surface area contributed by atoms with Crippen LogP contribution in [0.15, 0.2) is 18.2 Å². The number of ether oxygens (including phenoxy) is 3. The molecule has 6 rings (SSSR count). The van der Waals surface area contributed by atoms with Crippen LogP contribution in [0.1, 0.15) is 57.4 Å². The van der Waals surface area contributed by atoms with E-state index in [4.69, 9.17) is 14.2 Å². The van der Waals surface area contributed by atoms with E-state index in [9.17, 15) is 14.7 Å². The molecule has 4 bridgehead atoms. The van der Waals surface area contributed by atoms with Crippen LogP contribution in [0, 0.1) is 17.3 Å². The molecule has 1 heterocycles. The number of hydrogen-bond donors (Lipinski definition) is 2. The van der Waals surface area contributed by atoms with Gasteiger partial charge in [-0.25, -0.2) is 0 Å². The highest BCUT2D eigenvalue weighted by atomic mass is 16.7. The summed E-state index contributed by atoms with van der Waals surface area (Å²) in [5.74, 6) is 1.73. The average molecular weight is 415 g/mol. The van der Waals surface area contributed by atoms with Crippen molar-refractivity contribution in [3.8, 4) is 11.5 Å². The Morgan fingerprint density at radius 1 is 1.20 bits per heavy atom. The third kappa shape index (κ3) is 3.75. The number of carbonyl (C=O) groups is 2. The Kier molecular flexibility index (Phi) is 4.69. The molecule has 0 spiro atoms. The summed E-state index contributed by atoms with van der Waals surface area (Å²) in [7, 11) is 0. The van der Waals surface area contributed by atoms with Gasteiger partial charge in [0.2, 0.25) is 6.79 Å². The summed E-state index contributed by atoms with van der Waals surface area (Å²) in [4.78, 5) is 25.1. The molecule has 1 aromatic carbocycles. The number of rotatable bonds is 6. The second kappa shape index (κ2) is 7.15. The van der Waals surface area contributed by atoms with Gasteiger partial charge in [-0.3, -0.25) is 9.59 Å². The number of carbonyl (C=O) groups excluding carboxylic acids is 2. The molecule has 1 amide bonds. The molecule has 0 aromatic heterocycles. The summed E-state index contributed by atoms with van der Waals surface area (Å²) >= 11 is 0. The van der Waals surface area contributed by atoms with E-state index in [1.807, 2.05) is 18.2 Å². The van der Waals surface area contributed by atoms with Crippen LogP contribution in [0.4, 0.5) is 0 Å². The number of aliphatic hydroxyl groups is 1. The maximum Gasteiger partial charge on any atom is 0.307 e. The molecule has 30 heavy (non-hydrogen) atoms. The average Bonchev–Trinajstić information content (AvgIpc) is 3.11. The number of esters is 1. The Balaban J connectivity index is 1.13. The first-order valence-electron chi connectivity index (χ1n) is 10.9. The molecule has 0 saturated heterocycles. The van der Waals surface area contributed by atoms with Crippen molar-refractivity contribution in [2.24, 2.45) is 17.3 Å². The summed E-state index contributed by atoms with van der Waals surface area (Å²) in [5.41, 5.74) is 0.129. The Hall–Kier alpha value is -2.28. The molecular formula is C23H29NO6. The molecule has 162 valence electrons. The molecule has 7 heteroatoms. The van der Waals surface area contributed by atoms with Gasteiger partial charge in [0, 0.05) is 6.54 Å². The molecule has 2 unspecified atom stereocenters. The van der Waals surface area contributed by atoms with E-state index in [0.717, 1.165) is 31.2 Å². The Morgan fingerprint density at radius 3 is 2.67 bits per heavy atom. The van der Waals surface area contributed by atoms with Crippen molar-refractivity contribution in [1.29, 1.82) is 0 Å². The van der Waals surface area contributed by atoms with Crippen LogP contribution in [0.5, 0.6) is 11.5 Å². The third-order valence-electron chi connectivity index (χ3n) is 7.25. The highest BCUT2D eigenvalue weighted by molar-refractivity contribution is 5.83. The van der Waals surface area contributed by atoms with Gasteiger partial charge in [-0.15, -0.1) is 0 Å². The molecule has 0 radical (unpaired) electrons. The van der Waals surface area contributed by atoms with Gasteiger partial charge in [0.25, 0.3) is 5.91 Å². The lowest BCUT2D eigenvalue weighted by molar-refractivity contribution is -0.180. The minimum atomic E-state index is -0.858. The minimum absolute atomic E-state index is 0.154. The van der Waals surface area contributed by atoms with Crippen molar-refractivity contribution >= 4 is 11.9 Å². The van der Waals surface area contributed by atoms with Crippen LogP contribution in [-0.2, 0) is 20.9 Å². The van der Waals surface area contributed by atoms with Crippen molar-refractivity contribution in [3.05, 3.63) is 23.8 Å². The Bertz CT molecular complexity index is 853. The van der Waals surface area contributed by atoms with Crippen LogP contribution in [0.3, 0.4) is 0 Å². The number of nitrogens with one attached hydrogen (secondary N) is 1. The van der Waals surface area contributed by atoms with Crippen molar-refractivity contribution in [2.75, 3.05) is 6.79 Å². The SMILES string of the molecule is C[C@H](OC(=O)CC12C[C@@H]3C[C@@H](CC(O)(C3)C1)C2)C(=O)NCc1ccc2c(c1)OCO2. The fourth-order valence-electron chi connectivity index (χ4n) is 6.59. The van der Waals surface area contributed by atoms with Crippen molar-refractivity contribution < 1.29 is 28.9 Å². The van der Waals surface area contributed by atoms with E-state index >= 15 is 0 Å². The zero-order valence-corrected chi connectivity index (χ0v) is 17.3. The van der Waals surface area contributed by atoms with E-state index in [0.29, 0.717) is 42.7 Å². The van der Waals surface area contributed by atoms with E-state index in [2.05, 4.69) is 5.32 Å². The predicted octanol–water partition coefficient (Wildman–Crippen LogP) is 2.68. The Labute approximate surface area is 176 Å². The highest BCUT2D eigenvalue weighted by Gasteiger charge is 2.57. The summed E-state index contributed by atoms with van der Waals surface area (Å²) in [6.45, 7) is 2.12. The molecule has 7 nitrogen and oxygen atoms in total. The number of hydrogen-bond acceptors (Lipinski definition) is 6. The maximum atomic E-state index is 12.6. The van der Waals surface area contributed by atoms with Crippen LogP contribution in [-0.4, -0.2) is 35.5 Å². The third-order valence-corrected chi connectivity index (χ3v) is 7.25. The summed E-state index contributed by atoms with van der Waals surface area (Å²) in [6.07, 6.45) is 5.03. The normalized spacial score (nSPS) is 33.9. The van der Waals surface area contributed by atoms with Gasteiger partial charge in [0.15, 0.2) is 17.6 Å². The Morgan fingerprint density at radius 2 is 1.93 bits per heavy atom. The van der Waals surface area contributed by atoms with Gasteiger partial charge in [0.1, 0.15) is 0 Å². The number of benzene rings is 1. The van der Waals surface area contributed by atoms with Gasteiger partial charge in [-0.1, -0.05) is 6.07 Å². The molecule has 2 N–H and O–H groups in total.